The third-order valence-corrected chi connectivity index (χ3v) is 2.32. The number of hydrogen-bond acceptors (Lipinski definition) is 4. The van der Waals surface area contributed by atoms with E-state index >= 15 is 0 Å². The highest BCUT2D eigenvalue weighted by molar-refractivity contribution is 5.45. The molecule has 0 aliphatic heterocycles. The number of nitrogens with one attached hydrogen (secondary N) is 1. The van der Waals surface area contributed by atoms with Gasteiger partial charge in [0, 0.05) is 11.6 Å². The van der Waals surface area contributed by atoms with Crippen LogP contribution in [0.1, 0.15) is 12.5 Å². The van der Waals surface area contributed by atoms with E-state index in [-0.39, 0.29) is 6.04 Å². The van der Waals surface area contributed by atoms with Crippen molar-refractivity contribution in [2.24, 2.45) is 5.84 Å². The highest BCUT2D eigenvalue weighted by Crippen LogP contribution is 2.29. The van der Waals surface area contributed by atoms with Crippen molar-refractivity contribution in [2.45, 2.75) is 19.4 Å². The van der Waals surface area contributed by atoms with Gasteiger partial charge in [-0.1, -0.05) is 6.07 Å². The summed E-state index contributed by atoms with van der Waals surface area (Å²) in [5.74, 6) is 7.03. The molecule has 0 heterocycles. The lowest BCUT2D eigenvalue weighted by Gasteiger charge is -2.16. The third-order valence-electron chi connectivity index (χ3n) is 2.32. The highest BCUT2D eigenvalue weighted by atomic mass is 16.5. The van der Waals surface area contributed by atoms with Crippen LogP contribution in [0.3, 0.4) is 0 Å². The Balaban J connectivity index is 2.99. The fourth-order valence-corrected chi connectivity index (χ4v) is 1.49. The molecule has 1 rings (SSSR count). The molecule has 0 amide bonds. The van der Waals surface area contributed by atoms with Crippen LogP contribution in [-0.4, -0.2) is 20.3 Å². The SMILES string of the molecule is COc1cccc(OC)c1C[C@H](C)NN. The predicted octanol–water partition coefficient (Wildman–Crippen LogP) is 1.10. The van der Waals surface area contributed by atoms with Crippen LogP contribution in [0.2, 0.25) is 0 Å². The molecule has 0 aliphatic rings. The van der Waals surface area contributed by atoms with E-state index in [1.807, 2.05) is 25.1 Å². The summed E-state index contributed by atoms with van der Waals surface area (Å²) in [5, 5.41) is 0. The Labute approximate surface area is 90.3 Å². The summed E-state index contributed by atoms with van der Waals surface area (Å²) in [5.41, 5.74) is 3.74. The van der Waals surface area contributed by atoms with Gasteiger partial charge in [0.25, 0.3) is 0 Å². The Kier molecular flexibility index (Phi) is 4.39. The van der Waals surface area contributed by atoms with E-state index in [9.17, 15) is 0 Å². The molecular formula is C11H18N2O2. The molecular weight excluding hydrogens is 192 g/mol. The topological polar surface area (TPSA) is 56.5 Å². The minimum absolute atomic E-state index is 0.176. The molecule has 0 aliphatic carbocycles. The van der Waals surface area contributed by atoms with Gasteiger partial charge in [0.1, 0.15) is 11.5 Å². The molecule has 3 N–H and O–H groups in total. The van der Waals surface area contributed by atoms with Crippen molar-refractivity contribution in [3.8, 4) is 11.5 Å². The van der Waals surface area contributed by atoms with Crippen molar-refractivity contribution in [3.05, 3.63) is 23.8 Å². The van der Waals surface area contributed by atoms with E-state index < -0.39 is 0 Å². The largest absolute Gasteiger partial charge is 0.496 e. The van der Waals surface area contributed by atoms with Gasteiger partial charge in [0.2, 0.25) is 0 Å². The molecule has 4 heteroatoms. The Morgan fingerprint density at radius 3 is 2.20 bits per heavy atom. The van der Waals surface area contributed by atoms with E-state index in [0.717, 1.165) is 23.5 Å². The summed E-state index contributed by atoms with van der Waals surface area (Å²) in [4.78, 5) is 0. The van der Waals surface area contributed by atoms with Gasteiger partial charge in [0.05, 0.1) is 14.2 Å². The van der Waals surface area contributed by atoms with Crippen molar-refractivity contribution in [1.29, 1.82) is 0 Å². The predicted molar refractivity (Wildman–Crippen MR) is 60.0 cm³/mol. The van der Waals surface area contributed by atoms with Gasteiger partial charge in [-0.25, -0.2) is 0 Å². The lowest BCUT2D eigenvalue weighted by molar-refractivity contribution is 0.380. The number of methoxy groups -OCH3 is 2. The average molecular weight is 210 g/mol. The molecule has 0 spiro atoms. The number of nitrogens with two attached hydrogens (primary N) is 1. The molecule has 15 heavy (non-hydrogen) atoms. The van der Waals surface area contributed by atoms with Crippen LogP contribution in [0.15, 0.2) is 18.2 Å². The van der Waals surface area contributed by atoms with Gasteiger partial charge in [-0.2, -0.15) is 0 Å². The van der Waals surface area contributed by atoms with Crippen LogP contribution >= 0.6 is 0 Å². The second kappa shape index (κ2) is 5.58. The molecule has 0 radical (unpaired) electrons. The van der Waals surface area contributed by atoms with Gasteiger partial charge in [0.15, 0.2) is 0 Å². The maximum Gasteiger partial charge on any atom is 0.125 e. The Hall–Kier alpha value is -1.26. The van der Waals surface area contributed by atoms with Crippen molar-refractivity contribution < 1.29 is 9.47 Å². The van der Waals surface area contributed by atoms with Gasteiger partial charge in [-0.05, 0) is 25.5 Å². The maximum absolute atomic E-state index is 5.37. The average Bonchev–Trinajstić information content (AvgIpc) is 2.29. The molecule has 1 atom stereocenters. The van der Waals surface area contributed by atoms with Crippen molar-refractivity contribution in [3.63, 3.8) is 0 Å². The van der Waals surface area contributed by atoms with E-state index in [1.165, 1.54) is 0 Å². The van der Waals surface area contributed by atoms with Gasteiger partial charge < -0.3 is 9.47 Å². The molecule has 1 aromatic carbocycles. The molecule has 0 unspecified atom stereocenters. The third kappa shape index (κ3) is 2.84. The molecule has 1 aromatic rings. The molecule has 0 bridgehead atoms. The standard InChI is InChI=1S/C11H18N2O2/c1-8(13-12)7-9-10(14-2)5-4-6-11(9)15-3/h4-6,8,13H,7,12H2,1-3H3/t8-/m0/s1. The zero-order chi connectivity index (χ0) is 11.3. The lowest BCUT2D eigenvalue weighted by Crippen LogP contribution is -2.34. The zero-order valence-electron chi connectivity index (χ0n) is 9.41. The number of hydrazine groups is 1. The first-order valence-electron chi connectivity index (χ1n) is 4.89. The van der Waals surface area contributed by atoms with Crippen LogP contribution in [0.25, 0.3) is 0 Å². The van der Waals surface area contributed by atoms with E-state index in [2.05, 4.69) is 5.43 Å². The summed E-state index contributed by atoms with van der Waals surface area (Å²) in [6.07, 6.45) is 0.768. The molecule has 84 valence electrons. The van der Waals surface area contributed by atoms with E-state index in [4.69, 9.17) is 15.3 Å². The first-order valence-corrected chi connectivity index (χ1v) is 4.89. The Morgan fingerprint density at radius 1 is 1.27 bits per heavy atom. The lowest BCUT2D eigenvalue weighted by atomic mass is 10.1. The normalized spacial score (nSPS) is 12.3. The number of rotatable bonds is 5. The van der Waals surface area contributed by atoms with Crippen LogP contribution in [0.5, 0.6) is 11.5 Å². The minimum atomic E-state index is 0.176. The fourth-order valence-electron chi connectivity index (χ4n) is 1.49. The molecule has 0 aromatic heterocycles. The van der Waals surface area contributed by atoms with Gasteiger partial charge >= 0.3 is 0 Å². The van der Waals surface area contributed by atoms with Crippen LogP contribution < -0.4 is 20.7 Å². The zero-order valence-corrected chi connectivity index (χ0v) is 9.41. The van der Waals surface area contributed by atoms with E-state index in [0.29, 0.717) is 0 Å². The fraction of sp³-hybridized carbons (Fsp3) is 0.455. The smallest absolute Gasteiger partial charge is 0.125 e. The first kappa shape index (κ1) is 11.8. The van der Waals surface area contributed by atoms with Crippen LogP contribution in [0.4, 0.5) is 0 Å². The quantitative estimate of drug-likeness (QED) is 0.564. The number of benzene rings is 1. The summed E-state index contributed by atoms with van der Waals surface area (Å²) in [6, 6.07) is 5.92. The van der Waals surface area contributed by atoms with Gasteiger partial charge in [-0.3, -0.25) is 11.3 Å². The van der Waals surface area contributed by atoms with E-state index in [1.54, 1.807) is 14.2 Å². The van der Waals surface area contributed by atoms with Gasteiger partial charge in [-0.15, -0.1) is 0 Å². The maximum atomic E-state index is 5.37. The number of hydrogen-bond donors (Lipinski definition) is 2. The minimum Gasteiger partial charge on any atom is -0.496 e. The monoisotopic (exact) mass is 210 g/mol. The molecule has 0 saturated heterocycles. The van der Waals surface area contributed by atoms with Crippen molar-refractivity contribution in [1.82, 2.24) is 5.43 Å². The second-order valence-electron chi connectivity index (χ2n) is 3.41. The summed E-state index contributed by atoms with van der Waals surface area (Å²) in [6.45, 7) is 2.01. The Morgan fingerprint density at radius 2 is 1.80 bits per heavy atom. The number of ether oxygens (including phenoxy) is 2. The van der Waals surface area contributed by atoms with Crippen molar-refractivity contribution in [2.75, 3.05) is 14.2 Å². The van der Waals surface area contributed by atoms with Crippen molar-refractivity contribution >= 4 is 0 Å². The molecule has 0 saturated carbocycles. The Bertz CT molecular complexity index is 293. The first-order chi connectivity index (χ1) is 7.22. The molecule has 0 fully saturated rings. The molecule has 4 nitrogen and oxygen atoms in total. The van der Waals surface area contributed by atoms with Crippen LogP contribution in [-0.2, 0) is 6.42 Å². The summed E-state index contributed by atoms with van der Waals surface area (Å²) in [7, 11) is 3.30. The summed E-state index contributed by atoms with van der Waals surface area (Å²) < 4.78 is 10.6. The second-order valence-corrected chi connectivity index (χ2v) is 3.41. The highest BCUT2D eigenvalue weighted by Gasteiger charge is 2.12. The summed E-state index contributed by atoms with van der Waals surface area (Å²) >= 11 is 0. The van der Waals surface area contributed by atoms with Crippen LogP contribution in [0, 0.1) is 0 Å².